The van der Waals surface area contributed by atoms with Gasteiger partial charge in [0.15, 0.2) is 0 Å². The number of hydrogen-bond donors (Lipinski definition) is 0. The number of rotatable bonds is 3. The topological polar surface area (TPSA) is 85.0 Å². The van der Waals surface area contributed by atoms with Crippen LogP contribution in [-0.4, -0.2) is 44.1 Å². The zero-order valence-electron chi connectivity index (χ0n) is 12.8. The fourth-order valence-electron chi connectivity index (χ4n) is 2.83. The predicted octanol–water partition coefficient (Wildman–Crippen LogP) is 2.61. The Morgan fingerprint density at radius 2 is 2.29 bits per heavy atom. The summed E-state index contributed by atoms with van der Waals surface area (Å²) in [5, 5.41) is 10.3. The first-order valence-electron chi connectivity index (χ1n) is 7.74. The number of aromatic nitrogens is 4. The highest BCUT2D eigenvalue weighted by atomic mass is 32.1. The molecule has 8 heteroatoms. The summed E-state index contributed by atoms with van der Waals surface area (Å²) in [6.07, 6.45) is 6.40. The van der Waals surface area contributed by atoms with Crippen molar-refractivity contribution in [1.29, 1.82) is 0 Å². The van der Waals surface area contributed by atoms with Gasteiger partial charge >= 0.3 is 0 Å². The van der Waals surface area contributed by atoms with Crippen LogP contribution in [0.5, 0.6) is 0 Å². The van der Waals surface area contributed by atoms with Crippen LogP contribution in [0.2, 0.25) is 0 Å². The van der Waals surface area contributed by atoms with Gasteiger partial charge in [0.05, 0.1) is 17.0 Å². The lowest BCUT2D eigenvalue weighted by atomic mass is 9.98. The summed E-state index contributed by atoms with van der Waals surface area (Å²) in [4.78, 5) is 23.3. The number of hydrogen-bond acceptors (Lipinski definition) is 7. The van der Waals surface area contributed by atoms with Crippen molar-refractivity contribution >= 4 is 17.2 Å². The lowest BCUT2D eigenvalue weighted by molar-refractivity contribution is 0.0692. The molecule has 24 heavy (non-hydrogen) atoms. The quantitative estimate of drug-likeness (QED) is 0.728. The van der Waals surface area contributed by atoms with Gasteiger partial charge < -0.3 is 9.32 Å². The number of carbonyl (C=O) groups is 1. The minimum absolute atomic E-state index is 0.0561. The fourth-order valence-corrected chi connectivity index (χ4v) is 3.48. The second-order valence-corrected chi connectivity index (χ2v) is 6.55. The van der Waals surface area contributed by atoms with E-state index in [1.54, 1.807) is 22.4 Å². The Bertz CT molecular complexity index is 818. The van der Waals surface area contributed by atoms with Crippen molar-refractivity contribution in [3.8, 4) is 10.8 Å². The average molecular weight is 341 g/mol. The van der Waals surface area contributed by atoms with E-state index < -0.39 is 0 Å². The van der Waals surface area contributed by atoms with Crippen LogP contribution < -0.4 is 0 Å². The van der Waals surface area contributed by atoms with Gasteiger partial charge in [-0.2, -0.15) is 0 Å². The Kier molecular flexibility index (Phi) is 4.04. The van der Waals surface area contributed by atoms with E-state index in [4.69, 9.17) is 4.42 Å². The van der Waals surface area contributed by atoms with Crippen molar-refractivity contribution < 1.29 is 9.21 Å². The maximum atomic E-state index is 12.5. The number of piperidine rings is 1. The highest BCUT2D eigenvalue weighted by Gasteiger charge is 2.29. The van der Waals surface area contributed by atoms with Crippen LogP contribution in [-0.2, 0) is 0 Å². The molecule has 122 valence electrons. The lowest BCUT2D eigenvalue weighted by Gasteiger charge is -2.30. The van der Waals surface area contributed by atoms with Crippen molar-refractivity contribution in [3.05, 3.63) is 47.7 Å². The van der Waals surface area contributed by atoms with E-state index in [1.165, 1.54) is 12.4 Å². The molecule has 3 aromatic rings. The normalized spacial score (nSPS) is 17.8. The average Bonchev–Trinajstić information content (AvgIpc) is 3.33. The molecule has 0 spiro atoms. The third kappa shape index (κ3) is 2.92. The molecule has 7 nitrogen and oxygen atoms in total. The van der Waals surface area contributed by atoms with Gasteiger partial charge in [-0.1, -0.05) is 6.07 Å². The molecule has 1 saturated heterocycles. The van der Waals surface area contributed by atoms with E-state index in [9.17, 15) is 4.79 Å². The molecule has 0 N–H and O–H groups in total. The third-order valence-corrected chi connectivity index (χ3v) is 4.87. The molecule has 0 saturated carbocycles. The summed E-state index contributed by atoms with van der Waals surface area (Å²) in [5.41, 5.74) is 0.364. The first-order valence-corrected chi connectivity index (χ1v) is 8.62. The standard InChI is InChI=1S/C16H15N5O2S/c22-16(12-9-17-5-6-18-12)21-7-1-3-11(10-21)14-19-20-15(23-14)13-4-2-8-24-13/h2,4-6,8-9,11H,1,3,7,10H2/t11-/m0/s1. The van der Waals surface area contributed by atoms with Crippen LogP contribution in [0.15, 0.2) is 40.5 Å². The van der Waals surface area contributed by atoms with E-state index in [0.29, 0.717) is 30.6 Å². The molecular formula is C16H15N5O2S. The molecule has 0 aliphatic carbocycles. The van der Waals surface area contributed by atoms with Gasteiger partial charge in [-0.15, -0.1) is 21.5 Å². The van der Waals surface area contributed by atoms with Gasteiger partial charge in [-0.25, -0.2) is 4.98 Å². The summed E-state index contributed by atoms with van der Waals surface area (Å²) >= 11 is 1.56. The first kappa shape index (κ1) is 14.9. The molecule has 1 aliphatic heterocycles. The Balaban J connectivity index is 1.50. The molecule has 0 aromatic carbocycles. The Hall–Kier alpha value is -2.61. The summed E-state index contributed by atoms with van der Waals surface area (Å²) < 4.78 is 5.82. The zero-order valence-corrected chi connectivity index (χ0v) is 13.6. The van der Waals surface area contributed by atoms with Crippen LogP contribution in [0.3, 0.4) is 0 Å². The second kappa shape index (κ2) is 6.48. The zero-order chi connectivity index (χ0) is 16.4. The number of nitrogens with zero attached hydrogens (tertiary/aromatic N) is 5. The molecule has 4 rings (SSSR count). The second-order valence-electron chi connectivity index (χ2n) is 5.60. The number of amides is 1. The molecule has 0 radical (unpaired) electrons. The van der Waals surface area contributed by atoms with E-state index in [0.717, 1.165) is 17.7 Å². The minimum Gasteiger partial charge on any atom is -0.420 e. The van der Waals surface area contributed by atoms with Crippen LogP contribution in [0.4, 0.5) is 0 Å². The highest BCUT2D eigenvalue weighted by Crippen LogP contribution is 2.30. The number of carbonyl (C=O) groups excluding carboxylic acids is 1. The lowest BCUT2D eigenvalue weighted by Crippen LogP contribution is -2.39. The maximum Gasteiger partial charge on any atom is 0.274 e. The summed E-state index contributed by atoms with van der Waals surface area (Å²) in [6.45, 7) is 1.26. The van der Waals surface area contributed by atoms with Gasteiger partial charge in [0.1, 0.15) is 5.69 Å². The fraction of sp³-hybridized carbons (Fsp3) is 0.312. The molecule has 4 heterocycles. The van der Waals surface area contributed by atoms with Crippen LogP contribution >= 0.6 is 11.3 Å². The van der Waals surface area contributed by atoms with Crippen LogP contribution in [0.1, 0.15) is 35.1 Å². The van der Waals surface area contributed by atoms with E-state index in [1.807, 2.05) is 17.5 Å². The molecular weight excluding hydrogens is 326 g/mol. The van der Waals surface area contributed by atoms with Crippen LogP contribution in [0.25, 0.3) is 10.8 Å². The van der Waals surface area contributed by atoms with Gasteiger partial charge in [0, 0.05) is 25.5 Å². The van der Waals surface area contributed by atoms with Crippen molar-refractivity contribution in [3.63, 3.8) is 0 Å². The molecule has 1 aliphatic rings. The Morgan fingerprint density at radius 1 is 1.33 bits per heavy atom. The van der Waals surface area contributed by atoms with E-state index >= 15 is 0 Å². The van der Waals surface area contributed by atoms with Crippen molar-refractivity contribution in [1.82, 2.24) is 25.1 Å². The molecule has 1 amide bonds. The summed E-state index contributed by atoms with van der Waals surface area (Å²) in [7, 11) is 0. The molecule has 1 atom stereocenters. The predicted molar refractivity (Wildman–Crippen MR) is 87.5 cm³/mol. The van der Waals surface area contributed by atoms with E-state index in [-0.39, 0.29) is 11.8 Å². The van der Waals surface area contributed by atoms with Crippen molar-refractivity contribution in [2.45, 2.75) is 18.8 Å². The van der Waals surface area contributed by atoms with Crippen molar-refractivity contribution in [2.24, 2.45) is 0 Å². The molecule has 1 fully saturated rings. The Labute approximate surface area is 142 Å². The largest absolute Gasteiger partial charge is 0.420 e. The van der Waals surface area contributed by atoms with Gasteiger partial charge in [0.2, 0.25) is 5.89 Å². The molecule has 0 unspecified atom stereocenters. The van der Waals surface area contributed by atoms with Gasteiger partial charge in [-0.05, 0) is 24.3 Å². The summed E-state index contributed by atoms with van der Waals surface area (Å²) in [6, 6.07) is 3.90. The van der Waals surface area contributed by atoms with Gasteiger partial charge in [-0.3, -0.25) is 9.78 Å². The maximum absolute atomic E-state index is 12.5. The highest BCUT2D eigenvalue weighted by molar-refractivity contribution is 7.13. The Morgan fingerprint density at radius 3 is 3.08 bits per heavy atom. The summed E-state index contributed by atoms with van der Waals surface area (Å²) in [5.74, 6) is 1.08. The first-order chi connectivity index (χ1) is 11.8. The van der Waals surface area contributed by atoms with Crippen LogP contribution in [0, 0.1) is 0 Å². The molecule has 3 aromatic heterocycles. The monoisotopic (exact) mass is 341 g/mol. The SMILES string of the molecule is O=C(c1cnccn1)N1CCC[C@H](c2nnc(-c3cccs3)o2)C1. The third-order valence-electron chi connectivity index (χ3n) is 4.01. The van der Waals surface area contributed by atoms with Crippen molar-refractivity contribution in [2.75, 3.05) is 13.1 Å². The molecule has 0 bridgehead atoms. The number of likely N-dealkylation sites (tertiary alicyclic amines) is 1. The van der Waals surface area contributed by atoms with E-state index in [2.05, 4.69) is 20.2 Å². The van der Waals surface area contributed by atoms with Gasteiger partial charge in [0.25, 0.3) is 11.8 Å². The smallest absolute Gasteiger partial charge is 0.274 e. The number of thiophene rings is 1. The minimum atomic E-state index is -0.106.